The lowest BCUT2D eigenvalue weighted by molar-refractivity contribution is 0.204. The molecule has 0 aromatic carbocycles. The highest BCUT2D eigenvalue weighted by Gasteiger charge is 2.35. The van der Waals surface area contributed by atoms with Gasteiger partial charge in [-0.25, -0.2) is 18.4 Å². The van der Waals surface area contributed by atoms with E-state index < -0.39 is 10.0 Å². The molecule has 0 saturated carbocycles. The van der Waals surface area contributed by atoms with Crippen molar-refractivity contribution in [2.75, 3.05) is 5.73 Å². The van der Waals surface area contributed by atoms with Crippen molar-refractivity contribution >= 4 is 16.0 Å². The number of nitrogen functional groups attached to an aromatic ring is 1. The molecule has 1 aliphatic heterocycles. The fraction of sp³-hybridized carbons (Fsp3) is 0.636. The molecule has 0 spiro atoms. The summed E-state index contributed by atoms with van der Waals surface area (Å²) < 4.78 is 26.6. The number of nitrogens with two attached hydrogens (primary N) is 1. The maximum absolute atomic E-state index is 12.5. The number of anilines is 1. The molecule has 0 aliphatic carbocycles. The fourth-order valence-electron chi connectivity index (χ4n) is 2.45. The van der Waals surface area contributed by atoms with Crippen LogP contribution in [0.15, 0.2) is 17.3 Å². The summed E-state index contributed by atoms with van der Waals surface area (Å²) in [6.07, 6.45) is 5.38. The first-order valence-electron chi connectivity index (χ1n) is 6.04. The summed E-state index contributed by atoms with van der Waals surface area (Å²) in [7, 11) is -3.52. The molecule has 6 nitrogen and oxygen atoms in total. The Hall–Kier alpha value is -1.21. The van der Waals surface area contributed by atoms with E-state index >= 15 is 0 Å². The monoisotopic (exact) mass is 270 g/mol. The Kier molecular flexibility index (Phi) is 3.54. The van der Waals surface area contributed by atoms with E-state index in [-0.39, 0.29) is 22.9 Å². The zero-order chi connectivity index (χ0) is 13.3. The first-order valence-corrected chi connectivity index (χ1v) is 7.48. The van der Waals surface area contributed by atoms with Gasteiger partial charge in [0.2, 0.25) is 16.0 Å². The van der Waals surface area contributed by atoms with E-state index in [0.717, 1.165) is 19.3 Å². The first-order chi connectivity index (χ1) is 8.43. The maximum Gasteiger partial charge on any atom is 0.246 e. The summed E-state index contributed by atoms with van der Waals surface area (Å²) in [6.45, 7) is 3.87. The molecule has 1 aromatic heterocycles. The second kappa shape index (κ2) is 4.81. The normalized spacial score (nSPS) is 26.1. The van der Waals surface area contributed by atoms with Crippen molar-refractivity contribution in [3.8, 4) is 0 Å². The van der Waals surface area contributed by atoms with Crippen LogP contribution < -0.4 is 5.73 Å². The van der Waals surface area contributed by atoms with Crippen molar-refractivity contribution in [1.82, 2.24) is 14.3 Å². The minimum Gasteiger partial charge on any atom is -0.368 e. The highest BCUT2D eigenvalue weighted by Crippen LogP contribution is 2.28. The third kappa shape index (κ3) is 2.32. The molecular weight excluding hydrogens is 252 g/mol. The van der Waals surface area contributed by atoms with E-state index in [1.807, 2.05) is 13.8 Å². The lowest BCUT2D eigenvalue weighted by Crippen LogP contribution is -2.47. The van der Waals surface area contributed by atoms with Gasteiger partial charge in [-0.3, -0.25) is 0 Å². The Bertz CT molecular complexity index is 504. The standard InChI is InChI=1S/C11H18N4O2S/c1-8-4-3-5-9(2)15(8)18(16,17)10-6-13-11(12)14-7-10/h6-9H,3-5H2,1-2H3,(H2,12,13,14). The topological polar surface area (TPSA) is 89.2 Å². The molecule has 2 rings (SSSR count). The molecule has 2 atom stereocenters. The van der Waals surface area contributed by atoms with Gasteiger partial charge >= 0.3 is 0 Å². The van der Waals surface area contributed by atoms with E-state index in [1.54, 1.807) is 4.31 Å². The van der Waals surface area contributed by atoms with Crippen LogP contribution in [0.25, 0.3) is 0 Å². The molecule has 1 saturated heterocycles. The smallest absolute Gasteiger partial charge is 0.246 e. The summed E-state index contributed by atoms with van der Waals surface area (Å²) in [5.74, 6) is 0.0775. The van der Waals surface area contributed by atoms with E-state index in [0.29, 0.717) is 0 Å². The van der Waals surface area contributed by atoms with E-state index in [4.69, 9.17) is 5.73 Å². The summed E-state index contributed by atoms with van der Waals surface area (Å²) in [5, 5.41) is 0. The Morgan fingerprint density at radius 1 is 1.22 bits per heavy atom. The van der Waals surface area contributed by atoms with E-state index in [2.05, 4.69) is 9.97 Å². The predicted octanol–water partition coefficient (Wildman–Crippen LogP) is 1.01. The van der Waals surface area contributed by atoms with Gasteiger partial charge in [0.25, 0.3) is 0 Å². The molecule has 1 fully saturated rings. The highest BCUT2D eigenvalue weighted by atomic mass is 32.2. The van der Waals surface area contributed by atoms with Crippen molar-refractivity contribution < 1.29 is 8.42 Å². The van der Waals surface area contributed by atoms with Gasteiger partial charge in [0.1, 0.15) is 4.90 Å². The molecule has 1 aliphatic rings. The van der Waals surface area contributed by atoms with Gasteiger partial charge in [-0.05, 0) is 26.7 Å². The van der Waals surface area contributed by atoms with Crippen LogP contribution in [0.4, 0.5) is 5.95 Å². The van der Waals surface area contributed by atoms with Crippen LogP contribution in [0.5, 0.6) is 0 Å². The van der Waals surface area contributed by atoms with Crippen LogP contribution >= 0.6 is 0 Å². The first kappa shape index (κ1) is 13.2. The Morgan fingerprint density at radius 2 is 1.72 bits per heavy atom. The molecule has 2 unspecified atom stereocenters. The molecule has 2 heterocycles. The number of rotatable bonds is 2. The lowest BCUT2D eigenvalue weighted by atomic mass is 10.0. The van der Waals surface area contributed by atoms with Crippen LogP contribution in [-0.4, -0.2) is 34.8 Å². The summed E-state index contributed by atoms with van der Waals surface area (Å²) in [4.78, 5) is 7.61. The number of aromatic nitrogens is 2. The van der Waals surface area contributed by atoms with Crippen LogP contribution in [0.2, 0.25) is 0 Å². The minimum absolute atomic E-state index is 0.0105. The number of sulfonamides is 1. The number of piperidine rings is 1. The quantitative estimate of drug-likeness (QED) is 0.866. The average molecular weight is 270 g/mol. The van der Waals surface area contributed by atoms with Crippen LogP contribution in [0, 0.1) is 0 Å². The third-order valence-corrected chi connectivity index (χ3v) is 5.42. The van der Waals surface area contributed by atoms with Crippen LogP contribution in [-0.2, 0) is 10.0 Å². The SMILES string of the molecule is CC1CCCC(C)N1S(=O)(=O)c1cnc(N)nc1. The molecule has 18 heavy (non-hydrogen) atoms. The average Bonchev–Trinajstić information content (AvgIpc) is 2.29. The van der Waals surface area contributed by atoms with E-state index in [1.165, 1.54) is 12.4 Å². The Morgan fingerprint density at radius 3 is 2.22 bits per heavy atom. The molecule has 1 aromatic rings. The van der Waals surface area contributed by atoms with Crippen LogP contribution in [0.3, 0.4) is 0 Å². The van der Waals surface area contributed by atoms with Crippen LogP contribution in [0.1, 0.15) is 33.1 Å². The zero-order valence-electron chi connectivity index (χ0n) is 10.6. The third-order valence-electron chi connectivity index (χ3n) is 3.34. The minimum atomic E-state index is -3.52. The molecule has 7 heteroatoms. The second-order valence-electron chi connectivity index (χ2n) is 4.74. The summed E-state index contributed by atoms with van der Waals surface area (Å²) in [6, 6.07) is 0.0209. The number of nitrogens with zero attached hydrogens (tertiary/aromatic N) is 3. The molecule has 100 valence electrons. The Balaban J connectivity index is 2.38. The summed E-state index contributed by atoms with van der Waals surface area (Å²) >= 11 is 0. The van der Waals surface area contributed by atoms with Crippen molar-refractivity contribution in [2.24, 2.45) is 0 Å². The van der Waals surface area contributed by atoms with Crippen molar-refractivity contribution in [3.63, 3.8) is 0 Å². The molecule has 2 N–H and O–H groups in total. The van der Waals surface area contributed by atoms with Gasteiger partial charge in [-0.2, -0.15) is 4.31 Å². The van der Waals surface area contributed by atoms with Gasteiger partial charge in [-0.1, -0.05) is 6.42 Å². The second-order valence-corrected chi connectivity index (χ2v) is 6.58. The lowest BCUT2D eigenvalue weighted by Gasteiger charge is -2.37. The molecule has 0 bridgehead atoms. The number of hydrogen-bond acceptors (Lipinski definition) is 5. The Labute approximate surface area is 107 Å². The largest absolute Gasteiger partial charge is 0.368 e. The molecule has 0 radical (unpaired) electrons. The number of hydrogen-bond donors (Lipinski definition) is 1. The molecular formula is C11H18N4O2S. The highest BCUT2D eigenvalue weighted by molar-refractivity contribution is 7.89. The van der Waals surface area contributed by atoms with Crippen molar-refractivity contribution in [2.45, 2.75) is 50.1 Å². The fourth-order valence-corrected chi connectivity index (χ4v) is 4.23. The predicted molar refractivity (Wildman–Crippen MR) is 68.2 cm³/mol. The maximum atomic E-state index is 12.5. The zero-order valence-corrected chi connectivity index (χ0v) is 11.4. The van der Waals surface area contributed by atoms with E-state index in [9.17, 15) is 8.42 Å². The summed E-state index contributed by atoms with van der Waals surface area (Å²) in [5.41, 5.74) is 5.37. The van der Waals surface area contributed by atoms with Gasteiger partial charge < -0.3 is 5.73 Å². The van der Waals surface area contributed by atoms with Crippen molar-refractivity contribution in [1.29, 1.82) is 0 Å². The molecule has 0 amide bonds. The van der Waals surface area contributed by atoms with Gasteiger partial charge in [-0.15, -0.1) is 0 Å². The van der Waals surface area contributed by atoms with Gasteiger partial charge in [0.15, 0.2) is 0 Å². The van der Waals surface area contributed by atoms with Gasteiger partial charge in [0, 0.05) is 12.1 Å². The van der Waals surface area contributed by atoms with Crippen molar-refractivity contribution in [3.05, 3.63) is 12.4 Å². The van der Waals surface area contributed by atoms with Gasteiger partial charge in [0.05, 0.1) is 12.4 Å².